The number of amides is 1. The van der Waals surface area contributed by atoms with Crippen LogP contribution in [0.5, 0.6) is 0 Å². The van der Waals surface area contributed by atoms with Crippen molar-refractivity contribution in [2.75, 3.05) is 11.9 Å². The molecule has 2 heterocycles. The van der Waals surface area contributed by atoms with E-state index in [2.05, 4.69) is 31.1 Å². The van der Waals surface area contributed by atoms with Gasteiger partial charge in [-0.2, -0.15) is 0 Å². The summed E-state index contributed by atoms with van der Waals surface area (Å²) in [7, 11) is 0. The number of carbonyl (C=O) groups is 2. The molecule has 8 heteroatoms. The second kappa shape index (κ2) is 8.39. The first-order chi connectivity index (χ1) is 14.1. The minimum Gasteiger partial charge on any atom is -0.462 e. The molecule has 0 aliphatic carbocycles. The van der Waals surface area contributed by atoms with Gasteiger partial charge in [-0.25, -0.2) is 9.78 Å². The molecular weight excluding hydrogens is 402 g/mol. The van der Waals surface area contributed by atoms with Gasteiger partial charge in [0.05, 0.1) is 18.3 Å². The normalized spacial score (nSPS) is 11.5. The summed E-state index contributed by atoms with van der Waals surface area (Å²) in [6.07, 6.45) is 1.33. The molecule has 0 bridgehead atoms. The summed E-state index contributed by atoms with van der Waals surface area (Å²) in [5, 5.41) is 3.14. The van der Waals surface area contributed by atoms with Gasteiger partial charge in [0.15, 0.2) is 0 Å². The zero-order valence-electron chi connectivity index (χ0n) is 17.7. The molecule has 7 nitrogen and oxygen atoms in total. The van der Waals surface area contributed by atoms with Crippen LogP contribution in [-0.4, -0.2) is 28.0 Å². The summed E-state index contributed by atoms with van der Waals surface area (Å²) in [5.41, 5.74) is 2.02. The van der Waals surface area contributed by atoms with Crippen molar-refractivity contribution in [1.29, 1.82) is 0 Å². The molecule has 1 amide bonds. The van der Waals surface area contributed by atoms with E-state index in [1.807, 2.05) is 24.3 Å². The lowest BCUT2D eigenvalue weighted by Gasteiger charge is -2.19. The molecule has 3 aromatic rings. The van der Waals surface area contributed by atoms with Crippen molar-refractivity contribution in [1.82, 2.24) is 9.55 Å². The summed E-state index contributed by atoms with van der Waals surface area (Å²) in [6, 6.07) is 7.64. The first kappa shape index (κ1) is 21.7. The first-order valence-corrected chi connectivity index (χ1v) is 10.5. The lowest BCUT2D eigenvalue weighted by Crippen LogP contribution is -2.28. The maximum absolute atomic E-state index is 12.9. The van der Waals surface area contributed by atoms with Crippen molar-refractivity contribution in [3.8, 4) is 0 Å². The molecule has 0 aliphatic heterocycles. The minimum absolute atomic E-state index is 0.0255. The number of benzene rings is 1. The van der Waals surface area contributed by atoms with E-state index < -0.39 is 5.97 Å². The number of carbonyl (C=O) groups excluding carboxylic acids is 2. The molecule has 1 aromatic carbocycles. The number of fused-ring (bicyclic) bond motifs is 1. The van der Waals surface area contributed by atoms with E-state index in [9.17, 15) is 14.4 Å². The van der Waals surface area contributed by atoms with Crippen molar-refractivity contribution in [2.24, 2.45) is 0 Å². The predicted molar refractivity (Wildman–Crippen MR) is 118 cm³/mol. The van der Waals surface area contributed by atoms with Crippen molar-refractivity contribution in [3.63, 3.8) is 0 Å². The second-order valence-corrected chi connectivity index (χ2v) is 9.01. The molecule has 0 unspecified atom stereocenters. The fraction of sp³-hybridized carbons (Fsp3) is 0.364. The number of hydrogen-bond acceptors (Lipinski definition) is 6. The molecule has 158 valence electrons. The van der Waals surface area contributed by atoms with Crippen LogP contribution in [0.2, 0.25) is 0 Å². The molecule has 0 spiro atoms. The molecule has 0 fully saturated rings. The van der Waals surface area contributed by atoms with Gasteiger partial charge in [-0.3, -0.25) is 14.2 Å². The summed E-state index contributed by atoms with van der Waals surface area (Å²) in [4.78, 5) is 42.5. The van der Waals surface area contributed by atoms with E-state index in [0.29, 0.717) is 26.3 Å². The van der Waals surface area contributed by atoms with E-state index >= 15 is 0 Å². The largest absolute Gasteiger partial charge is 0.462 e. The lowest BCUT2D eigenvalue weighted by molar-refractivity contribution is -0.116. The Labute approximate surface area is 178 Å². The van der Waals surface area contributed by atoms with Crippen molar-refractivity contribution < 1.29 is 14.3 Å². The van der Waals surface area contributed by atoms with Gasteiger partial charge in [0, 0.05) is 5.69 Å². The third kappa shape index (κ3) is 4.43. The Balaban J connectivity index is 1.81. The van der Waals surface area contributed by atoms with Gasteiger partial charge < -0.3 is 10.1 Å². The van der Waals surface area contributed by atoms with Gasteiger partial charge in [0.1, 0.15) is 16.3 Å². The molecule has 2 aromatic heterocycles. The fourth-order valence-electron chi connectivity index (χ4n) is 3.07. The highest BCUT2D eigenvalue weighted by atomic mass is 32.1. The lowest BCUT2D eigenvalue weighted by atomic mass is 9.87. The van der Waals surface area contributed by atoms with Gasteiger partial charge in [-0.1, -0.05) is 32.9 Å². The summed E-state index contributed by atoms with van der Waals surface area (Å²) in [5.74, 6) is -0.805. The smallest absolute Gasteiger partial charge is 0.348 e. The third-order valence-corrected chi connectivity index (χ3v) is 5.91. The molecule has 0 saturated carbocycles. The number of aromatic nitrogens is 2. The number of esters is 1. The molecule has 0 saturated heterocycles. The Morgan fingerprint density at radius 1 is 1.20 bits per heavy atom. The quantitative estimate of drug-likeness (QED) is 0.624. The Morgan fingerprint density at radius 2 is 1.87 bits per heavy atom. The van der Waals surface area contributed by atoms with Crippen molar-refractivity contribution >= 4 is 39.1 Å². The van der Waals surface area contributed by atoms with Crippen LogP contribution in [0.3, 0.4) is 0 Å². The number of rotatable bonds is 5. The van der Waals surface area contributed by atoms with Gasteiger partial charge in [0.2, 0.25) is 5.91 Å². The molecule has 1 N–H and O–H groups in total. The topological polar surface area (TPSA) is 90.3 Å². The van der Waals surface area contributed by atoms with Crippen LogP contribution < -0.4 is 10.9 Å². The maximum Gasteiger partial charge on any atom is 0.348 e. The predicted octanol–water partition coefficient (Wildman–Crippen LogP) is 3.88. The van der Waals surface area contributed by atoms with Gasteiger partial charge in [-0.05, 0) is 42.5 Å². The fourth-order valence-corrected chi connectivity index (χ4v) is 4.11. The van der Waals surface area contributed by atoms with E-state index in [1.54, 1.807) is 13.8 Å². The van der Waals surface area contributed by atoms with Gasteiger partial charge in [-0.15, -0.1) is 11.3 Å². The summed E-state index contributed by atoms with van der Waals surface area (Å²) < 4.78 is 6.29. The monoisotopic (exact) mass is 427 g/mol. The second-order valence-electron chi connectivity index (χ2n) is 8.01. The molecule has 3 rings (SSSR count). The first-order valence-electron chi connectivity index (χ1n) is 9.68. The van der Waals surface area contributed by atoms with Crippen LogP contribution in [0.15, 0.2) is 35.4 Å². The maximum atomic E-state index is 12.9. The van der Waals surface area contributed by atoms with Crippen LogP contribution >= 0.6 is 11.3 Å². The number of hydrogen-bond donors (Lipinski definition) is 1. The molecule has 30 heavy (non-hydrogen) atoms. The zero-order chi connectivity index (χ0) is 22.1. The number of nitrogens with zero attached hydrogens (tertiary/aromatic N) is 2. The highest BCUT2D eigenvalue weighted by Gasteiger charge is 2.21. The molecule has 0 atom stereocenters. The van der Waals surface area contributed by atoms with E-state index in [4.69, 9.17) is 4.74 Å². The van der Waals surface area contributed by atoms with E-state index in [0.717, 1.165) is 16.9 Å². The van der Waals surface area contributed by atoms with Crippen LogP contribution in [0.25, 0.3) is 10.2 Å². The number of ether oxygens (including phenoxy) is 1. The van der Waals surface area contributed by atoms with Crippen molar-refractivity contribution in [2.45, 2.75) is 46.6 Å². The molecule has 0 aliphatic rings. The minimum atomic E-state index is -0.472. The molecular formula is C22H25N3O4S. The van der Waals surface area contributed by atoms with E-state index in [1.165, 1.54) is 10.9 Å². The van der Waals surface area contributed by atoms with Gasteiger partial charge >= 0.3 is 5.97 Å². The zero-order valence-corrected chi connectivity index (χ0v) is 18.6. The number of nitrogens with one attached hydrogen (secondary N) is 1. The number of anilines is 1. The Bertz CT molecular complexity index is 1150. The Morgan fingerprint density at radius 3 is 2.47 bits per heavy atom. The Kier molecular flexibility index (Phi) is 6.07. The SMILES string of the molecule is CCOC(=O)c1sc2ncn(CC(=O)Nc3ccc(C(C)(C)C)cc3)c(=O)c2c1C. The van der Waals surface area contributed by atoms with Crippen LogP contribution in [0.4, 0.5) is 5.69 Å². The third-order valence-electron chi connectivity index (χ3n) is 4.73. The standard InChI is InChI=1S/C22H25N3O4S/c1-6-29-21(28)18-13(2)17-19(30-18)23-12-25(20(17)27)11-16(26)24-15-9-7-14(8-10-15)22(3,4)5/h7-10,12H,6,11H2,1-5H3,(H,24,26). The number of thiophene rings is 1. The van der Waals surface area contributed by atoms with Crippen molar-refractivity contribution in [3.05, 3.63) is 57.0 Å². The average Bonchev–Trinajstić information content (AvgIpc) is 3.01. The average molecular weight is 428 g/mol. The summed E-state index contributed by atoms with van der Waals surface area (Å²) >= 11 is 1.12. The number of aryl methyl sites for hydroxylation is 1. The highest BCUT2D eigenvalue weighted by Crippen LogP contribution is 2.27. The molecule has 0 radical (unpaired) electrons. The highest BCUT2D eigenvalue weighted by molar-refractivity contribution is 7.20. The van der Waals surface area contributed by atoms with Crippen LogP contribution in [0, 0.1) is 6.92 Å². The van der Waals surface area contributed by atoms with E-state index in [-0.39, 0.29) is 30.0 Å². The Hall–Kier alpha value is -3.00. The van der Waals surface area contributed by atoms with Crippen LogP contribution in [-0.2, 0) is 21.5 Å². The summed E-state index contributed by atoms with van der Waals surface area (Å²) in [6.45, 7) is 9.85. The van der Waals surface area contributed by atoms with Crippen LogP contribution in [0.1, 0.15) is 48.5 Å². The van der Waals surface area contributed by atoms with Gasteiger partial charge in [0.25, 0.3) is 5.56 Å².